The Labute approximate surface area is 111 Å². The minimum absolute atomic E-state index is 0.0591. The highest BCUT2D eigenvalue weighted by Crippen LogP contribution is 2.40. The summed E-state index contributed by atoms with van der Waals surface area (Å²) in [4.78, 5) is 20.7. The first-order chi connectivity index (χ1) is 9.21. The molecular weight excluding hydrogens is 296 g/mol. The molecule has 0 spiro atoms. The van der Waals surface area contributed by atoms with Crippen LogP contribution in [0.25, 0.3) is 0 Å². The van der Waals surface area contributed by atoms with Crippen molar-refractivity contribution in [2.45, 2.75) is 4.90 Å². The number of benzene rings is 1. The van der Waals surface area contributed by atoms with Crippen LogP contribution in [0, 0.1) is 20.2 Å². The lowest BCUT2D eigenvalue weighted by Gasteiger charge is -2.31. The zero-order chi connectivity index (χ0) is 15.1. The van der Waals surface area contributed by atoms with Gasteiger partial charge in [0.05, 0.1) is 14.7 Å². The van der Waals surface area contributed by atoms with Gasteiger partial charge in [0.2, 0.25) is 10.0 Å². The fourth-order valence-electron chi connectivity index (χ4n) is 1.66. The Hall–Kier alpha value is -2.31. The summed E-state index contributed by atoms with van der Waals surface area (Å²) in [6.07, 6.45) is 0. The summed E-state index contributed by atoms with van der Waals surface area (Å²) in [6.45, 7) is -0.118. The normalized spacial score (nSPS) is 14.8. The molecule has 0 saturated carbocycles. The van der Waals surface area contributed by atoms with E-state index in [0.29, 0.717) is 12.1 Å². The van der Waals surface area contributed by atoms with Crippen LogP contribution in [0.5, 0.6) is 0 Å². The average molecular weight is 304 g/mol. The number of anilines is 1. The molecule has 0 amide bonds. The highest BCUT2D eigenvalue weighted by Gasteiger charge is 2.35. The predicted octanol–water partition coefficient (Wildman–Crippen LogP) is -0.0980. The molecule has 12 heteroatoms. The van der Waals surface area contributed by atoms with E-state index in [9.17, 15) is 28.6 Å². The van der Waals surface area contributed by atoms with Crippen LogP contribution in [0.15, 0.2) is 17.0 Å². The second-order valence-electron chi connectivity index (χ2n) is 3.87. The van der Waals surface area contributed by atoms with Gasteiger partial charge in [-0.05, 0) is 0 Å². The predicted molar refractivity (Wildman–Crippen MR) is 64.4 cm³/mol. The lowest BCUT2D eigenvalue weighted by molar-refractivity contribution is -0.393. The number of nitro benzene ring substituents is 2. The van der Waals surface area contributed by atoms with E-state index in [1.807, 2.05) is 0 Å². The third kappa shape index (κ3) is 2.38. The van der Waals surface area contributed by atoms with E-state index in [-0.39, 0.29) is 19.1 Å². The standard InChI is InChI=1S/C8H8N4O7S/c9-20(17,18)5-1-6(11(13)14)8(10-3-19-4-10)7(2-5)12(15)16/h1-2H,3-4H2,(H2,9,17,18). The highest BCUT2D eigenvalue weighted by atomic mass is 32.2. The number of hydrogen-bond acceptors (Lipinski definition) is 8. The first-order valence-corrected chi connectivity index (χ1v) is 6.59. The molecule has 1 heterocycles. The number of sulfonamides is 1. The van der Waals surface area contributed by atoms with Crippen molar-refractivity contribution in [3.05, 3.63) is 32.4 Å². The SMILES string of the molecule is NS(=O)(=O)c1cc([N+](=O)[O-])c(N2COC2)c([N+](=O)[O-])c1. The molecule has 0 atom stereocenters. The fourth-order valence-corrected chi connectivity index (χ4v) is 2.21. The maximum Gasteiger partial charge on any atom is 0.301 e. The van der Waals surface area contributed by atoms with E-state index in [4.69, 9.17) is 9.88 Å². The lowest BCUT2D eigenvalue weighted by atomic mass is 10.2. The first-order valence-electron chi connectivity index (χ1n) is 5.04. The maximum atomic E-state index is 11.2. The van der Waals surface area contributed by atoms with E-state index in [1.165, 1.54) is 4.90 Å². The van der Waals surface area contributed by atoms with Crippen LogP contribution in [0.3, 0.4) is 0 Å². The topological polar surface area (TPSA) is 159 Å². The van der Waals surface area contributed by atoms with E-state index in [1.54, 1.807) is 0 Å². The molecule has 0 aromatic heterocycles. The third-order valence-electron chi connectivity index (χ3n) is 2.58. The van der Waals surface area contributed by atoms with Crippen molar-refractivity contribution in [3.8, 4) is 0 Å². The van der Waals surface area contributed by atoms with Crippen molar-refractivity contribution in [2.24, 2.45) is 5.14 Å². The molecule has 2 N–H and O–H groups in total. The molecule has 108 valence electrons. The van der Waals surface area contributed by atoms with Crippen molar-refractivity contribution >= 4 is 27.1 Å². The highest BCUT2D eigenvalue weighted by molar-refractivity contribution is 7.89. The molecule has 0 unspecified atom stereocenters. The van der Waals surface area contributed by atoms with Gasteiger partial charge in [-0.25, -0.2) is 13.6 Å². The van der Waals surface area contributed by atoms with Crippen LogP contribution >= 0.6 is 0 Å². The molecule has 0 aliphatic carbocycles. The Morgan fingerprint density at radius 1 is 1.15 bits per heavy atom. The van der Waals surface area contributed by atoms with E-state index < -0.39 is 36.1 Å². The summed E-state index contributed by atoms with van der Waals surface area (Å²) in [5, 5.41) is 26.9. The van der Waals surface area contributed by atoms with Gasteiger partial charge >= 0.3 is 11.4 Å². The number of nitrogens with two attached hydrogens (primary N) is 1. The lowest BCUT2D eigenvalue weighted by Crippen LogP contribution is -2.40. The van der Waals surface area contributed by atoms with Gasteiger partial charge in [-0.3, -0.25) is 20.2 Å². The molecule has 1 aliphatic rings. The van der Waals surface area contributed by atoms with Gasteiger partial charge in [-0.2, -0.15) is 0 Å². The summed E-state index contributed by atoms with van der Waals surface area (Å²) in [7, 11) is -4.30. The Bertz CT molecular complexity index is 662. The minimum atomic E-state index is -4.30. The van der Waals surface area contributed by atoms with Crippen LogP contribution in [0.2, 0.25) is 0 Å². The number of nitrogens with zero attached hydrogens (tertiary/aromatic N) is 3. The number of rotatable bonds is 4. The molecule has 0 radical (unpaired) electrons. The van der Waals surface area contributed by atoms with Gasteiger partial charge in [0, 0.05) is 12.1 Å². The number of ether oxygens (including phenoxy) is 1. The number of hydrogen-bond donors (Lipinski definition) is 1. The molecule has 20 heavy (non-hydrogen) atoms. The van der Waals surface area contributed by atoms with Crippen molar-refractivity contribution in [3.63, 3.8) is 0 Å². The largest absolute Gasteiger partial charge is 0.341 e. The summed E-state index contributed by atoms with van der Waals surface area (Å²) in [5.74, 6) is 0. The molecule has 1 aromatic carbocycles. The van der Waals surface area contributed by atoms with Gasteiger partial charge in [0.25, 0.3) is 0 Å². The Kier molecular flexibility index (Phi) is 3.29. The molecule has 11 nitrogen and oxygen atoms in total. The maximum absolute atomic E-state index is 11.2. The van der Waals surface area contributed by atoms with Crippen LogP contribution in [0.4, 0.5) is 17.1 Å². The smallest absolute Gasteiger partial charge is 0.301 e. The molecule has 2 rings (SSSR count). The van der Waals surface area contributed by atoms with Crippen LogP contribution < -0.4 is 10.0 Å². The van der Waals surface area contributed by atoms with Crippen LogP contribution in [-0.2, 0) is 14.8 Å². The van der Waals surface area contributed by atoms with Crippen molar-refractivity contribution in [2.75, 3.05) is 18.4 Å². The van der Waals surface area contributed by atoms with Gasteiger partial charge < -0.3 is 9.64 Å². The number of nitro groups is 2. The van der Waals surface area contributed by atoms with Gasteiger partial charge in [0.1, 0.15) is 13.5 Å². The van der Waals surface area contributed by atoms with Crippen LogP contribution in [-0.4, -0.2) is 31.7 Å². The fraction of sp³-hybridized carbons (Fsp3) is 0.250. The zero-order valence-corrected chi connectivity index (χ0v) is 10.6. The molecular formula is C8H8N4O7S. The first kappa shape index (κ1) is 14.1. The van der Waals surface area contributed by atoms with Crippen molar-refractivity contribution in [1.82, 2.24) is 0 Å². The second-order valence-corrected chi connectivity index (χ2v) is 5.43. The Morgan fingerprint density at radius 3 is 1.85 bits per heavy atom. The molecule has 1 aliphatic heterocycles. The van der Waals surface area contributed by atoms with E-state index in [2.05, 4.69) is 0 Å². The van der Waals surface area contributed by atoms with E-state index in [0.717, 1.165) is 0 Å². The summed E-state index contributed by atoms with van der Waals surface area (Å²) in [5.41, 5.74) is -1.74. The molecule has 0 bridgehead atoms. The summed E-state index contributed by atoms with van der Waals surface area (Å²) >= 11 is 0. The minimum Gasteiger partial charge on any atom is -0.341 e. The van der Waals surface area contributed by atoms with Gasteiger partial charge in [-0.1, -0.05) is 0 Å². The third-order valence-corrected chi connectivity index (χ3v) is 3.47. The van der Waals surface area contributed by atoms with Crippen molar-refractivity contribution < 1.29 is 23.0 Å². The Balaban J connectivity index is 2.77. The average Bonchev–Trinajstić information content (AvgIpc) is 2.24. The summed E-state index contributed by atoms with van der Waals surface area (Å²) in [6, 6.07) is 1.38. The summed E-state index contributed by atoms with van der Waals surface area (Å²) < 4.78 is 27.3. The number of primary sulfonamides is 1. The monoisotopic (exact) mass is 304 g/mol. The molecule has 1 aromatic rings. The van der Waals surface area contributed by atoms with Gasteiger partial charge in [0.15, 0.2) is 5.69 Å². The van der Waals surface area contributed by atoms with Crippen LogP contribution in [0.1, 0.15) is 0 Å². The van der Waals surface area contributed by atoms with E-state index >= 15 is 0 Å². The molecule has 1 saturated heterocycles. The zero-order valence-electron chi connectivity index (χ0n) is 9.75. The Morgan fingerprint density at radius 2 is 1.60 bits per heavy atom. The second kappa shape index (κ2) is 4.66. The van der Waals surface area contributed by atoms with Crippen molar-refractivity contribution in [1.29, 1.82) is 0 Å². The van der Waals surface area contributed by atoms with Gasteiger partial charge in [-0.15, -0.1) is 0 Å². The molecule has 1 fully saturated rings. The quantitative estimate of drug-likeness (QED) is 0.596.